The summed E-state index contributed by atoms with van der Waals surface area (Å²) in [6.07, 6.45) is 16.6. The van der Waals surface area contributed by atoms with E-state index < -0.39 is 0 Å². The summed E-state index contributed by atoms with van der Waals surface area (Å²) in [6, 6.07) is 0. The summed E-state index contributed by atoms with van der Waals surface area (Å²) < 4.78 is 0. The van der Waals surface area contributed by atoms with Crippen LogP contribution in [0.1, 0.15) is 83.5 Å². The molecule has 108 valence electrons. The number of aliphatic hydroxyl groups is 1. The highest BCUT2D eigenvalue weighted by Gasteiger charge is 1.94. The maximum atomic E-state index is 8.65. The Kier molecular flexibility index (Phi) is 14.2. The van der Waals surface area contributed by atoms with Crippen molar-refractivity contribution in [1.29, 1.82) is 0 Å². The zero-order chi connectivity index (χ0) is 13.5. The predicted octanol–water partition coefficient (Wildman–Crippen LogP) is 4.52. The third-order valence-corrected chi connectivity index (χ3v) is 3.41. The number of hydrogen-bond acceptors (Lipinski definition) is 2. The second kappa shape index (κ2) is 14.6. The predicted molar refractivity (Wildman–Crippen MR) is 80.4 cm³/mol. The number of hydrogen-bond donors (Lipinski definition) is 2. The molecule has 0 aliphatic rings. The van der Waals surface area contributed by atoms with Crippen molar-refractivity contribution in [3.8, 4) is 0 Å². The van der Waals surface area contributed by atoms with E-state index in [0.717, 1.165) is 18.5 Å². The minimum absolute atomic E-state index is 0.359. The maximum absolute atomic E-state index is 8.65. The standard InChI is InChI=1S/C16H33NO/c1-16(17)14-12-10-8-6-4-2-3-5-7-9-11-13-15-18/h18H,1-15,17H2. The van der Waals surface area contributed by atoms with Crippen molar-refractivity contribution < 1.29 is 5.11 Å². The largest absolute Gasteiger partial charge is 0.403 e. The van der Waals surface area contributed by atoms with Gasteiger partial charge in [-0.1, -0.05) is 70.8 Å². The Labute approximate surface area is 114 Å². The lowest BCUT2D eigenvalue weighted by Gasteiger charge is -2.03. The Morgan fingerprint density at radius 1 is 0.667 bits per heavy atom. The van der Waals surface area contributed by atoms with E-state index in [9.17, 15) is 0 Å². The van der Waals surface area contributed by atoms with Crippen molar-refractivity contribution >= 4 is 0 Å². The van der Waals surface area contributed by atoms with Gasteiger partial charge in [-0.25, -0.2) is 0 Å². The molecule has 0 aromatic carbocycles. The molecule has 0 aliphatic heterocycles. The summed E-state index contributed by atoms with van der Waals surface area (Å²) in [5, 5.41) is 8.65. The third-order valence-electron chi connectivity index (χ3n) is 3.41. The van der Waals surface area contributed by atoms with Gasteiger partial charge in [0.15, 0.2) is 0 Å². The van der Waals surface area contributed by atoms with Crippen LogP contribution in [0.2, 0.25) is 0 Å². The van der Waals surface area contributed by atoms with Gasteiger partial charge in [0.05, 0.1) is 0 Å². The molecule has 0 aromatic rings. The first-order valence-corrected chi connectivity index (χ1v) is 7.81. The van der Waals surface area contributed by atoms with E-state index in [1.165, 1.54) is 70.6 Å². The summed E-state index contributed by atoms with van der Waals surface area (Å²) >= 11 is 0. The van der Waals surface area contributed by atoms with E-state index in [2.05, 4.69) is 6.58 Å². The fourth-order valence-corrected chi connectivity index (χ4v) is 2.23. The normalized spacial score (nSPS) is 10.7. The zero-order valence-corrected chi connectivity index (χ0v) is 12.1. The molecular weight excluding hydrogens is 222 g/mol. The Morgan fingerprint density at radius 2 is 1.00 bits per heavy atom. The van der Waals surface area contributed by atoms with E-state index >= 15 is 0 Å². The smallest absolute Gasteiger partial charge is 0.0431 e. The van der Waals surface area contributed by atoms with E-state index in [-0.39, 0.29) is 0 Å². The van der Waals surface area contributed by atoms with Crippen molar-refractivity contribution in [3.05, 3.63) is 12.3 Å². The SMILES string of the molecule is C=C(N)CCCCCCCCCCCCCCO. The monoisotopic (exact) mass is 255 g/mol. The molecule has 0 heterocycles. The van der Waals surface area contributed by atoms with Gasteiger partial charge in [0, 0.05) is 12.3 Å². The number of allylic oxidation sites excluding steroid dienone is 1. The van der Waals surface area contributed by atoms with Gasteiger partial charge in [0.25, 0.3) is 0 Å². The van der Waals surface area contributed by atoms with Crippen LogP contribution in [0, 0.1) is 0 Å². The van der Waals surface area contributed by atoms with E-state index in [1.54, 1.807) is 0 Å². The lowest BCUT2D eigenvalue weighted by atomic mass is 10.0. The molecule has 0 bridgehead atoms. The van der Waals surface area contributed by atoms with Crippen LogP contribution in [-0.2, 0) is 0 Å². The second-order valence-corrected chi connectivity index (χ2v) is 5.37. The van der Waals surface area contributed by atoms with Crippen molar-refractivity contribution in [3.63, 3.8) is 0 Å². The van der Waals surface area contributed by atoms with Crippen molar-refractivity contribution in [2.45, 2.75) is 83.5 Å². The average Bonchev–Trinajstić information content (AvgIpc) is 2.34. The minimum Gasteiger partial charge on any atom is -0.403 e. The van der Waals surface area contributed by atoms with Gasteiger partial charge in [-0.2, -0.15) is 0 Å². The number of nitrogens with two attached hydrogens (primary N) is 1. The first-order valence-electron chi connectivity index (χ1n) is 7.81. The molecule has 0 atom stereocenters. The molecule has 0 saturated heterocycles. The van der Waals surface area contributed by atoms with E-state index in [1.807, 2.05) is 0 Å². The molecule has 0 saturated carbocycles. The third kappa shape index (κ3) is 15.5. The van der Waals surface area contributed by atoms with Gasteiger partial charge in [-0.3, -0.25) is 0 Å². The first kappa shape index (κ1) is 17.5. The van der Waals surface area contributed by atoms with Crippen molar-refractivity contribution in [1.82, 2.24) is 0 Å². The minimum atomic E-state index is 0.359. The van der Waals surface area contributed by atoms with Crippen molar-refractivity contribution in [2.24, 2.45) is 5.73 Å². The van der Waals surface area contributed by atoms with Gasteiger partial charge in [0.2, 0.25) is 0 Å². The van der Waals surface area contributed by atoms with Crippen molar-refractivity contribution in [2.75, 3.05) is 6.61 Å². The van der Waals surface area contributed by atoms with Crippen LogP contribution in [0.4, 0.5) is 0 Å². The topological polar surface area (TPSA) is 46.2 Å². The Bertz CT molecular complexity index is 180. The molecule has 0 aliphatic carbocycles. The van der Waals surface area contributed by atoms with E-state index in [4.69, 9.17) is 10.8 Å². The first-order chi connectivity index (χ1) is 8.77. The molecule has 0 rings (SSSR count). The maximum Gasteiger partial charge on any atom is 0.0431 e. The van der Waals surface area contributed by atoms with Crippen LogP contribution < -0.4 is 5.73 Å². The molecule has 0 aromatic heterocycles. The number of unbranched alkanes of at least 4 members (excludes halogenated alkanes) is 11. The van der Waals surface area contributed by atoms with E-state index in [0.29, 0.717) is 6.61 Å². The Morgan fingerprint density at radius 3 is 1.33 bits per heavy atom. The lowest BCUT2D eigenvalue weighted by molar-refractivity contribution is 0.282. The second-order valence-electron chi connectivity index (χ2n) is 5.37. The van der Waals surface area contributed by atoms with Crippen LogP contribution in [0.25, 0.3) is 0 Å². The van der Waals surface area contributed by atoms with Crippen LogP contribution >= 0.6 is 0 Å². The van der Waals surface area contributed by atoms with Crippen LogP contribution in [0.3, 0.4) is 0 Å². The molecular formula is C16H33NO. The Hall–Kier alpha value is -0.500. The molecule has 0 spiro atoms. The van der Waals surface area contributed by atoms with Gasteiger partial charge >= 0.3 is 0 Å². The highest BCUT2D eigenvalue weighted by atomic mass is 16.2. The molecule has 0 fully saturated rings. The quantitative estimate of drug-likeness (QED) is 0.448. The molecule has 0 unspecified atom stereocenters. The fourth-order valence-electron chi connectivity index (χ4n) is 2.23. The van der Waals surface area contributed by atoms with Gasteiger partial charge < -0.3 is 10.8 Å². The van der Waals surface area contributed by atoms with Crippen LogP contribution in [-0.4, -0.2) is 11.7 Å². The molecule has 0 amide bonds. The zero-order valence-electron chi connectivity index (χ0n) is 12.1. The van der Waals surface area contributed by atoms with Gasteiger partial charge in [-0.05, 0) is 19.3 Å². The van der Waals surface area contributed by atoms with Crippen LogP contribution in [0.5, 0.6) is 0 Å². The number of aliphatic hydroxyl groups excluding tert-OH is 1. The van der Waals surface area contributed by atoms with Gasteiger partial charge in [-0.15, -0.1) is 0 Å². The summed E-state index contributed by atoms with van der Waals surface area (Å²) in [4.78, 5) is 0. The lowest BCUT2D eigenvalue weighted by Crippen LogP contribution is -1.93. The number of rotatable bonds is 14. The summed E-state index contributed by atoms with van der Waals surface area (Å²) in [5.74, 6) is 0. The summed E-state index contributed by atoms with van der Waals surface area (Å²) in [6.45, 7) is 4.07. The molecule has 18 heavy (non-hydrogen) atoms. The Balaban J connectivity index is 2.92. The summed E-state index contributed by atoms with van der Waals surface area (Å²) in [7, 11) is 0. The molecule has 3 N–H and O–H groups in total. The molecule has 0 radical (unpaired) electrons. The molecule has 2 heteroatoms. The molecule has 2 nitrogen and oxygen atoms in total. The fraction of sp³-hybridized carbons (Fsp3) is 0.875. The van der Waals surface area contributed by atoms with Gasteiger partial charge in [0.1, 0.15) is 0 Å². The highest BCUT2D eigenvalue weighted by Crippen LogP contribution is 2.12. The average molecular weight is 255 g/mol. The van der Waals surface area contributed by atoms with Crippen LogP contribution in [0.15, 0.2) is 12.3 Å². The summed E-state index contributed by atoms with van der Waals surface area (Å²) in [5.41, 5.74) is 6.35. The highest BCUT2D eigenvalue weighted by molar-refractivity contribution is 4.84.